The minimum absolute atomic E-state index is 0.0369. The quantitative estimate of drug-likeness (QED) is 0.534. The maximum Gasteiger partial charge on any atom is 0.309 e. The van der Waals surface area contributed by atoms with Crippen LogP contribution < -0.4 is 0 Å². The maximum atomic E-state index is 13.0. The van der Waals surface area contributed by atoms with E-state index in [1.165, 1.54) is 0 Å². The number of aryl methyl sites for hydroxylation is 1. The average Bonchev–Trinajstić information content (AvgIpc) is 3.11. The van der Waals surface area contributed by atoms with Gasteiger partial charge in [-0.2, -0.15) is 0 Å². The molecule has 1 aliphatic rings. The highest BCUT2D eigenvalue weighted by Crippen LogP contribution is 2.29. The van der Waals surface area contributed by atoms with Crippen LogP contribution in [0.25, 0.3) is 0 Å². The number of piperidine rings is 1. The second-order valence-corrected chi connectivity index (χ2v) is 8.54. The average molecular weight is 405 g/mol. The van der Waals surface area contributed by atoms with E-state index in [2.05, 4.69) is 10.4 Å². The molecule has 2 heterocycles. The van der Waals surface area contributed by atoms with Crippen molar-refractivity contribution in [3.05, 3.63) is 45.9 Å². The third-order valence-electron chi connectivity index (χ3n) is 4.56. The molecule has 0 atom stereocenters. The largest absolute Gasteiger partial charge is 0.466 e. The molecule has 1 aromatic heterocycles. The molecule has 3 rings (SSSR count). The van der Waals surface area contributed by atoms with Crippen molar-refractivity contribution in [2.75, 3.05) is 19.7 Å². The molecule has 1 aromatic carbocycles. The lowest BCUT2D eigenvalue weighted by Crippen LogP contribution is -2.40. The second kappa shape index (κ2) is 9.37. The van der Waals surface area contributed by atoms with Crippen molar-refractivity contribution in [1.82, 2.24) is 9.88 Å². The van der Waals surface area contributed by atoms with Crippen LogP contribution in [0.15, 0.2) is 34.5 Å². The third-order valence-corrected chi connectivity index (χ3v) is 6.49. The molecule has 0 bridgehead atoms. The molecule has 1 fully saturated rings. The van der Waals surface area contributed by atoms with E-state index in [9.17, 15) is 9.59 Å². The van der Waals surface area contributed by atoms with Crippen LogP contribution >= 0.6 is 23.1 Å². The lowest BCUT2D eigenvalue weighted by Gasteiger charge is -2.31. The number of rotatable bonds is 6. The van der Waals surface area contributed by atoms with Gasteiger partial charge in [0.25, 0.3) is 5.91 Å². The Morgan fingerprint density at radius 1 is 1.30 bits per heavy atom. The second-order valence-electron chi connectivity index (χ2n) is 6.46. The van der Waals surface area contributed by atoms with Crippen molar-refractivity contribution in [3.8, 4) is 0 Å². The first-order chi connectivity index (χ1) is 13.1. The van der Waals surface area contributed by atoms with Crippen LogP contribution in [-0.2, 0) is 15.3 Å². The number of hydrogen-bond acceptors (Lipinski definition) is 6. The van der Waals surface area contributed by atoms with E-state index in [-0.39, 0.29) is 17.8 Å². The fourth-order valence-corrected chi connectivity index (χ4v) is 4.80. The summed E-state index contributed by atoms with van der Waals surface area (Å²) in [5, 5.41) is 3.12. The van der Waals surface area contributed by atoms with E-state index in [1.807, 2.05) is 43.0 Å². The van der Waals surface area contributed by atoms with Gasteiger partial charge in [0.15, 0.2) is 0 Å². The van der Waals surface area contributed by atoms with Crippen molar-refractivity contribution in [2.24, 2.45) is 5.92 Å². The molecule has 7 heteroatoms. The Hall–Kier alpha value is -1.86. The summed E-state index contributed by atoms with van der Waals surface area (Å²) in [7, 11) is 0. The summed E-state index contributed by atoms with van der Waals surface area (Å²) in [6.07, 6.45) is 1.33. The Morgan fingerprint density at radius 2 is 2.04 bits per heavy atom. The number of likely N-dealkylation sites (tertiary alicyclic amines) is 1. The van der Waals surface area contributed by atoms with Gasteiger partial charge < -0.3 is 9.64 Å². The minimum atomic E-state index is -0.140. The summed E-state index contributed by atoms with van der Waals surface area (Å²) >= 11 is 3.28. The zero-order valence-electron chi connectivity index (χ0n) is 15.6. The van der Waals surface area contributed by atoms with Crippen LogP contribution in [0.5, 0.6) is 0 Å². The Kier molecular flexibility index (Phi) is 6.90. The monoisotopic (exact) mass is 404 g/mol. The molecular weight excluding hydrogens is 380 g/mol. The highest BCUT2D eigenvalue weighted by Gasteiger charge is 2.29. The van der Waals surface area contributed by atoms with Crippen molar-refractivity contribution in [2.45, 2.75) is 37.3 Å². The van der Waals surface area contributed by atoms with Crippen molar-refractivity contribution >= 4 is 35.0 Å². The summed E-state index contributed by atoms with van der Waals surface area (Å²) < 4.78 is 5.11. The summed E-state index contributed by atoms with van der Waals surface area (Å²) in [4.78, 5) is 32.2. The standard InChI is InChI=1S/C20H24N2O3S2/c1-3-25-20(24)15-8-10-22(11-9-15)19(23)17-6-4-5-7-18(17)27-13-16-12-26-14(2)21-16/h4-7,12,15H,3,8-11,13H2,1-2H3. The molecule has 0 N–H and O–H groups in total. The third kappa shape index (κ3) is 5.11. The number of amides is 1. The molecule has 0 saturated carbocycles. The van der Waals surface area contributed by atoms with Crippen LogP contribution in [0.4, 0.5) is 0 Å². The van der Waals surface area contributed by atoms with Gasteiger partial charge in [0.05, 0.1) is 28.8 Å². The number of nitrogens with zero attached hydrogens (tertiary/aromatic N) is 2. The van der Waals surface area contributed by atoms with E-state index in [1.54, 1.807) is 23.1 Å². The number of carbonyl (C=O) groups is 2. The molecule has 144 valence electrons. The van der Waals surface area contributed by atoms with Crippen LogP contribution in [-0.4, -0.2) is 41.5 Å². The number of ether oxygens (including phenoxy) is 1. The van der Waals surface area contributed by atoms with Crippen LogP contribution in [0, 0.1) is 12.8 Å². The summed E-state index contributed by atoms with van der Waals surface area (Å²) in [6.45, 7) is 5.40. The molecule has 0 aliphatic carbocycles. The topological polar surface area (TPSA) is 59.5 Å². The molecule has 5 nitrogen and oxygen atoms in total. The van der Waals surface area contributed by atoms with Gasteiger partial charge in [0.1, 0.15) is 0 Å². The first kappa shape index (κ1) is 19.9. The SMILES string of the molecule is CCOC(=O)C1CCN(C(=O)c2ccccc2SCc2csc(C)n2)CC1. The number of carbonyl (C=O) groups excluding carboxylic acids is 2. The molecule has 0 spiro atoms. The Labute approximate surface area is 168 Å². The van der Waals surface area contributed by atoms with Crippen LogP contribution in [0.3, 0.4) is 0 Å². The molecule has 27 heavy (non-hydrogen) atoms. The number of hydrogen-bond donors (Lipinski definition) is 0. The predicted octanol–water partition coefficient (Wildman–Crippen LogP) is 4.16. The zero-order valence-corrected chi connectivity index (χ0v) is 17.3. The normalized spacial score (nSPS) is 15.0. The molecule has 2 aromatic rings. The molecule has 1 saturated heterocycles. The Balaban J connectivity index is 1.62. The number of benzene rings is 1. The molecular formula is C20H24N2O3S2. The van der Waals surface area contributed by atoms with E-state index in [0.717, 1.165) is 26.9 Å². The molecule has 1 aliphatic heterocycles. The van der Waals surface area contributed by atoms with Gasteiger partial charge in [-0.1, -0.05) is 12.1 Å². The van der Waals surface area contributed by atoms with Gasteiger partial charge in [0.2, 0.25) is 0 Å². The number of esters is 1. The van der Waals surface area contributed by atoms with Crippen LogP contribution in [0.1, 0.15) is 40.8 Å². The number of thioether (sulfide) groups is 1. The van der Waals surface area contributed by atoms with Crippen LogP contribution in [0.2, 0.25) is 0 Å². The Morgan fingerprint density at radius 3 is 2.70 bits per heavy atom. The first-order valence-corrected chi connectivity index (χ1v) is 11.0. The number of aromatic nitrogens is 1. The van der Waals surface area contributed by atoms with Crippen molar-refractivity contribution < 1.29 is 14.3 Å². The highest BCUT2D eigenvalue weighted by atomic mass is 32.2. The van der Waals surface area contributed by atoms with Gasteiger partial charge >= 0.3 is 5.97 Å². The van der Waals surface area contributed by atoms with E-state index in [4.69, 9.17) is 4.74 Å². The number of thiazole rings is 1. The van der Waals surface area contributed by atoms with Gasteiger partial charge in [-0.25, -0.2) is 4.98 Å². The van der Waals surface area contributed by atoms with Crippen molar-refractivity contribution in [1.29, 1.82) is 0 Å². The zero-order chi connectivity index (χ0) is 19.2. The highest BCUT2D eigenvalue weighted by molar-refractivity contribution is 7.98. The van der Waals surface area contributed by atoms with E-state index < -0.39 is 0 Å². The molecule has 1 amide bonds. The van der Waals surface area contributed by atoms with E-state index in [0.29, 0.717) is 32.5 Å². The molecule has 0 radical (unpaired) electrons. The lowest BCUT2D eigenvalue weighted by atomic mass is 9.96. The Bertz CT molecular complexity index is 798. The fraction of sp³-hybridized carbons (Fsp3) is 0.450. The fourth-order valence-electron chi connectivity index (χ4n) is 3.14. The first-order valence-electron chi connectivity index (χ1n) is 9.17. The van der Waals surface area contributed by atoms with Crippen molar-refractivity contribution in [3.63, 3.8) is 0 Å². The van der Waals surface area contributed by atoms with Gasteiger partial charge in [0, 0.05) is 29.1 Å². The predicted molar refractivity (Wildman–Crippen MR) is 108 cm³/mol. The molecule has 0 unspecified atom stereocenters. The van der Waals surface area contributed by atoms with Gasteiger partial charge in [-0.15, -0.1) is 23.1 Å². The summed E-state index contributed by atoms with van der Waals surface area (Å²) in [5.74, 6) is 0.556. The smallest absolute Gasteiger partial charge is 0.309 e. The lowest BCUT2D eigenvalue weighted by molar-refractivity contribution is -0.149. The van der Waals surface area contributed by atoms with Gasteiger partial charge in [-0.3, -0.25) is 9.59 Å². The maximum absolute atomic E-state index is 13.0. The summed E-state index contributed by atoms with van der Waals surface area (Å²) in [6, 6.07) is 7.73. The summed E-state index contributed by atoms with van der Waals surface area (Å²) in [5.41, 5.74) is 1.77. The minimum Gasteiger partial charge on any atom is -0.466 e. The van der Waals surface area contributed by atoms with E-state index >= 15 is 0 Å². The van der Waals surface area contributed by atoms with Gasteiger partial charge in [-0.05, 0) is 38.8 Å².